The van der Waals surface area contributed by atoms with Crippen LogP contribution in [0.25, 0.3) is 16.9 Å². The molecule has 2 heterocycles. The topological polar surface area (TPSA) is 35.8 Å². The van der Waals surface area contributed by atoms with Gasteiger partial charge in [-0.2, -0.15) is 0 Å². The van der Waals surface area contributed by atoms with Crippen molar-refractivity contribution >= 4 is 63.9 Å². The van der Waals surface area contributed by atoms with Gasteiger partial charge in [-0.1, -0.05) is 81.4 Å². The number of benzene rings is 3. The van der Waals surface area contributed by atoms with Crippen LogP contribution in [0.15, 0.2) is 109 Å². The molecule has 0 bridgehead atoms. The zero-order valence-electron chi connectivity index (χ0n) is 21.8. The van der Waals surface area contributed by atoms with Gasteiger partial charge < -0.3 is 13.6 Å². The molecule has 0 fully saturated rings. The molecular weight excluding hydrogens is 667 g/mol. The van der Waals surface area contributed by atoms with Gasteiger partial charge in [0.1, 0.15) is 18.0 Å². The molecule has 196 valence electrons. The van der Waals surface area contributed by atoms with Gasteiger partial charge in [-0.15, -0.1) is 17.0 Å². The van der Waals surface area contributed by atoms with Crippen molar-refractivity contribution in [2.24, 2.45) is 0 Å². The van der Waals surface area contributed by atoms with Crippen molar-refractivity contribution in [1.29, 1.82) is 0 Å². The lowest BCUT2D eigenvalue weighted by Gasteiger charge is -2.43. The molecule has 0 saturated heterocycles. The highest BCUT2D eigenvalue weighted by Crippen LogP contribution is 2.36. The molecule has 0 radical (unpaired) electrons. The number of hydrogen-bond acceptors (Lipinski definition) is 3. The number of hydrogen-bond donors (Lipinski definition) is 0. The highest BCUT2D eigenvalue weighted by Gasteiger charge is 2.50. The molecule has 5 rings (SSSR count). The van der Waals surface area contributed by atoms with E-state index in [0.29, 0.717) is 13.2 Å². The lowest BCUT2D eigenvalue weighted by atomic mass is 10.2. The van der Waals surface area contributed by atoms with E-state index in [1.165, 1.54) is 13.9 Å². The second kappa shape index (κ2) is 12.2. The zero-order chi connectivity index (χ0) is 25.9. The van der Waals surface area contributed by atoms with E-state index in [2.05, 4.69) is 139 Å². The molecule has 3 aromatic carbocycles. The molecule has 4 nitrogen and oxygen atoms in total. The summed E-state index contributed by atoms with van der Waals surface area (Å²) in [5.74, 6) is 0.827. The van der Waals surface area contributed by atoms with Gasteiger partial charge >= 0.3 is 0 Å². The Morgan fingerprint density at radius 2 is 1.37 bits per heavy atom. The van der Waals surface area contributed by atoms with Crippen molar-refractivity contribution in [2.45, 2.75) is 25.8 Å². The number of rotatable bonds is 8. The molecule has 7 heteroatoms. The van der Waals surface area contributed by atoms with Crippen LogP contribution in [0.5, 0.6) is 5.75 Å². The number of aromatic nitrogens is 2. The Balaban J connectivity index is 0.00000336. The quantitative estimate of drug-likeness (QED) is 0.0983. The third-order valence-electron chi connectivity index (χ3n) is 6.65. The molecular formula is C31H32BrIN2O2Si. The first kappa shape index (κ1) is 28.5. The summed E-state index contributed by atoms with van der Waals surface area (Å²) in [5.41, 5.74) is 2.95. The molecule has 38 heavy (non-hydrogen) atoms. The first-order valence-electron chi connectivity index (χ1n) is 12.5. The highest BCUT2D eigenvalue weighted by molar-refractivity contribution is 14.1. The number of imidazole rings is 1. The summed E-state index contributed by atoms with van der Waals surface area (Å²) >= 11 is 2.31. The molecule has 0 N–H and O–H groups in total. The van der Waals surface area contributed by atoms with Gasteiger partial charge in [-0.25, -0.2) is 4.98 Å². The summed E-state index contributed by atoms with van der Waals surface area (Å²) in [6.45, 7) is 7.87. The minimum Gasteiger partial charge on any atom is -0.491 e. The van der Waals surface area contributed by atoms with E-state index in [9.17, 15) is 0 Å². The largest absolute Gasteiger partial charge is 0.491 e. The Morgan fingerprint density at radius 1 is 0.763 bits per heavy atom. The molecule has 0 spiro atoms. The van der Waals surface area contributed by atoms with E-state index >= 15 is 0 Å². The van der Waals surface area contributed by atoms with Crippen molar-refractivity contribution in [2.75, 3.05) is 13.2 Å². The van der Waals surface area contributed by atoms with Crippen molar-refractivity contribution in [3.05, 3.63) is 113 Å². The minimum absolute atomic E-state index is 0. The normalized spacial score (nSPS) is 11.8. The van der Waals surface area contributed by atoms with Crippen LogP contribution >= 0.6 is 39.6 Å². The first-order valence-corrected chi connectivity index (χ1v) is 15.5. The SMILES string of the molecule is Br.CC(C)(C)[Si](OCCOc1ccc(-c2cn3cc(I)ccc3n2)cc1)(c1ccccc1)c1ccccc1. The van der Waals surface area contributed by atoms with Crippen molar-refractivity contribution < 1.29 is 9.16 Å². The number of halogens is 2. The van der Waals surface area contributed by atoms with E-state index in [-0.39, 0.29) is 22.0 Å². The standard InChI is InChI=1S/C31H31IN2O2Si.BrH/c1-31(2,3)37(27-10-6-4-7-11-27,28-12-8-5-9-13-28)36-21-20-35-26-17-14-24(15-18-26)29-23-34-22-25(32)16-19-30(34)33-29;/h4-19,22-23H,20-21H2,1-3H3;1H. The van der Waals surface area contributed by atoms with Gasteiger partial charge in [0, 0.05) is 21.5 Å². The average Bonchev–Trinajstić information content (AvgIpc) is 3.33. The molecule has 2 aromatic heterocycles. The second-order valence-electron chi connectivity index (χ2n) is 10.1. The Bertz CT molecular complexity index is 1430. The molecule has 0 aliphatic rings. The summed E-state index contributed by atoms with van der Waals surface area (Å²) < 4.78 is 16.3. The number of ether oxygens (including phenoxy) is 1. The van der Waals surface area contributed by atoms with Crippen LogP contribution < -0.4 is 15.1 Å². The predicted octanol–water partition coefficient (Wildman–Crippen LogP) is 7.14. The van der Waals surface area contributed by atoms with E-state index in [4.69, 9.17) is 14.1 Å². The molecule has 5 aromatic rings. The number of nitrogens with zero attached hydrogens (tertiary/aromatic N) is 2. The summed E-state index contributed by atoms with van der Waals surface area (Å²) in [6, 6.07) is 33.7. The maximum absolute atomic E-state index is 6.92. The van der Waals surface area contributed by atoms with Crippen molar-refractivity contribution in [3.63, 3.8) is 0 Å². The van der Waals surface area contributed by atoms with E-state index in [1.54, 1.807) is 0 Å². The van der Waals surface area contributed by atoms with Gasteiger partial charge in [0.15, 0.2) is 0 Å². The highest BCUT2D eigenvalue weighted by atomic mass is 127. The molecule has 0 amide bonds. The van der Waals surface area contributed by atoms with E-state index < -0.39 is 8.32 Å². The predicted molar refractivity (Wildman–Crippen MR) is 173 cm³/mol. The van der Waals surface area contributed by atoms with Crippen LogP contribution in [0, 0.1) is 3.57 Å². The number of pyridine rings is 1. The van der Waals surface area contributed by atoms with E-state index in [1.807, 2.05) is 18.2 Å². The van der Waals surface area contributed by atoms with Crippen LogP contribution in [-0.2, 0) is 4.43 Å². The maximum Gasteiger partial charge on any atom is 0.261 e. The summed E-state index contributed by atoms with van der Waals surface area (Å²) in [6.07, 6.45) is 4.14. The molecule has 0 atom stereocenters. The van der Waals surface area contributed by atoms with Crippen molar-refractivity contribution in [3.8, 4) is 17.0 Å². The summed E-state index contributed by atoms with van der Waals surface area (Å²) in [7, 11) is -2.55. The van der Waals surface area contributed by atoms with Gasteiger partial charge in [0.25, 0.3) is 8.32 Å². The Hall–Kier alpha value is -2.46. The number of fused-ring (bicyclic) bond motifs is 1. The first-order chi connectivity index (χ1) is 17.9. The second-order valence-corrected chi connectivity index (χ2v) is 15.7. The summed E-state index contributed by atoms with van der Waals surface area (Å²) in [5, 5.41) is 2.50. The van der Waals surface area contributed by atoms with Gasteiger partial charge in [0.2, 0.25) is 0 Å². The third kappa shape index (κ3) is 5.91. The van der Waals surface area contributed by atoms with Gasteiger partial charge in [-0.05, 0) is 74.4 Å². The summed E-state index contributed by atoms with van der Waals surface area (Å²) in [4.78, 5) is 4.74. The third-order valence-corrected chi connectivity index (χ3v) is 12.3. The van der Waals surface area contributed by atoms with Gasteiger partial charge in [-0.3, -0.25) is 0 Å². The van der Waals surface area contributed by atoms with Crippen LogP contribution in [0.4, 0.5) is 0 Å². The maximum atomic E-state index is 6.92. The lowest BCUT2D eigenvalue weighted by molar-refractivity contribution is 0.208. The van der Waals surface area contributed by atoms with Crippen LogP contribution in [-0.4, -0.2) is 30.9 Å². The average molecular weight is 700 g/mol. The molecule has 0 unspecified atom stereocenters. The van der Waals surface area contributed by atoms with E-state index in [0.717, 1.165) is 22.7 Å². The molecule has 0 aliphatic carbocycles. The van der Waals surface area contributed by atoms with Crippen LogP contribution in [0.1, 0.15) is 20.8 Å². The lowest BCUT2D eigenvalue weighted by Crippen LogP contribution is -2.66. The Kier molecular flexibility index (Phi) is 9.13. The van der Waals surface area contributed by atoms with Crippen LogP contribution in [0.2, 0.25) is 5.04 Å². The zero-order valence-corrected chi connectivity index (χ0v) is 26.7. The Morgan fingerprint density at radius 3 is 1.95 bits per heavy atom. The fourth-order valence-electron chi connectivity index (χ4n) is 4.94. The molecule has 0 saturated carbocycles. The monoisotopic (exact) mass is 698 g/mol. The van der Waals surface area contributed by atoms with Crippen LogP contribution in [0.3, 0.4) is 0 Å². The fourth-order valence-corrected chi connectivity index (χ4v) is 9.97. The fraction of sp³-hybridized carbons (Fsp3) is 0.194. The van der Waals surface area contributed by atoms with Gasteiger partial charge in [0.05, 0.1) is 12.3 Å². The van der Waals surface area contributed by atoms with Crippen molar-refractivity contribution in [1.82, 2.24) is 9.38 Å². The molecule has 0 aliphatic heterocycles. The smallest absolute Gasteiger partial charge is 0.261 e. The Labute approximate surface area is 250 Å². The minimum atomic E-state index is -2.55.